The van der Waals surface area contributed by atoms with Gasteiger partial charge in [-0.05, 0) is 98.5 Å². The molecule has 2 bridgehead atoms. The summed E-state index contributed by atoms with van der Waals surface area (Å²) in [5, 5.41) is 36.6. The summed E-state index contributed by atoms with van der Waals surface area (Å²) in [4.78, 5) is 70.8. The van der Waals surface area contributed by atoms with Crippen LogP contribution in [0.3, 0.4) is 0 Å². The lowest BCUT2D eigenvalue weighted by atomic mass is 9.76. The largest absolute Gasteiger partial charge is 0.457 e. The van der Waals surface area contributed by atoms with Crippen molar-refractivity contribution < 1.29 is 62.3 Å². The van der Waals surface area contributed by atoms with E-state index in [0.717, 1.165) is 6.92 Å². The number of thiazole rings is 1. The van der Waals surface area contributed by atoms with E-state index in [4.69, 9.17) is 34.3 Å². The SMILES string of the molecule is CCC(=O)NC1=C(C)[C@H]2OCC(=NOCc3csc(-c4cccc(NC(=O)[C@H](C)N)n4)n3)CO[C@](C)(C[C@H]1C)[C@H](O[C@@H]1O[C@H](C)C[C@H](N(C)C)[C@H]1O)[C@@H](C)C(=O)[C@](C)(F)C(=O)O[C@H](CC)[C@@]2(C)O. The highest BCUT2D eigenvalue weighted by atomic mass is 32.1. The number of anilines is 1. The van der Waals surface area contributed by atoms with Crippen LogP contribution in [0, 0.1) is 11.8 Å². The van der Waals surface area contributed by atoms with Crippen molar-refractivity contribution in [1.29, 1.82) is 0 Å². The molecule has 0 spiro atoms. The van der Waals surface area contributed by atoms with Crippen LogP contribution >= 0.6 is 11.3 Å². The number of aromatic nitrogens is 2. The molecule has 2 amide bonds. The zero-order chi connectivity index (χ0) is 50.5. The van der Waals surface area contributed by atoms with Gasteiger partial charge >= 0.3 is 5.97 Å². The van der Waals surface area contributed by atoms with E-state index in [1.165, 1.54) is 25.2 Å². The molecule has 5 rings (SSSR count). The maximum atomic E-state index is 17.0. The van der Waals surface area contributed by atoms with E-state index in [2.05, 4.69) is 25.8 Å². The van der Waals surface area contributed by atoms with Gasteiger partial charge in [0, 0.05) is 29.5 Å². The topological polar surface area (TPSA) is 256 Å². The summed E-state index contributed by atoms with van der Waals surface area (Å²) in [5.41, 5.74) is 0.624. The summed E-state index contributed by atoms with van der Waals surface area (Å²) in [6, 6.07) is 3.95. The van der Waals surface area contributed by atoms with Crippen molar-refractivity contribution in [3.05, 3.63) is 40.5 Å². The van der Waals surface area contributed by atoms with Crippen molar-refractivity contribution >= 4 is 46.4 Å². The van der Waals surface area contributed by atoms with Gasteiger partial charge in [-0.25, -0.2) is 19.2 Å². The number of nitrogens with two attached hydrogens (primary N) is 1. The first-order valence-electron chi connectivity index (χ1n) is 23.1. The van der Waals surface area contributed by atoms with Gasteiger partial charge in [-0.15, -0.1) is 11.3 Å². The molecule has 0 aliphatic carbocycles. The van der Waals surface area contributed by atoms with Crippen LogP contribution in [0.25, 0.3) is 10.7 Å². The molecule has 378 valence electrons. The minimum Gasteiger partial charge on any atom is -0.457 e. The molecule has 3 aliphatic heterocycles. The van der Waals surface area contributed by atoms with E-state index in [1.807, 2.05) is 32.8 Å². The number of halogens is 1. The van der Waals surface area contributed by atoms with Crippen LogP contribution in [0.15, 0.2) is 40.0 Å². The normalized spacial score (nSPS) is 34.4. The molecule has 1 saturated heterocycles. The number of ether oxygens (including phenoxy) is 5. The number of oxime groups is 1. The van der Waals surface area contributed by atoms with Gasteiger partial charge < -0.3 is 60.0 Å². The number of rotatable bonds is 12. The van der Waals surface area contributed by atoms with Crippen LogP contribution < -0.4 is 16.4 Å². The number of aliphatic hydroxyl groups excluding tert-OH is 1. The number of aliphatic hydroxyl groups is 2. The van der Waals surface area contributed by atoms with Crippen LogP contribution in [-0.2, 0) is 54.3 Å². The summed E-state index contributed by atoms with van der Waals surface area (Å²) in [6.45, 7) is 14.7. The van der Waals surface area contributed by atoms with Crippen molar-refractivity contribution in [2.45, 2.75) is 167 Å². The number of ketones is 1. The Hall–Kier alpha value is -4.32. The minimum atomic E-state index is -3.25. The van der Waals surface area contributed by atoms with Crippen molar-refractivity contribution in [1.82, 2.24) is 20.2 Å². The lowest BCUT2D eigenvalue weighted by molar-refractivity contribution is -0.296. The maximum absolute atomic E-state index is 17.0. The molecule has 6 N–H and O–H groups in total. The number of allylic oxidation sites excluding steroid dienone is 1. The monoisotopic (exact) mass is 975 g/mol. The average molecular weight is 976 g/mol. The fourth-order valence-corrected chi connectivity index (χ4v) is 9.81. The summed E-state index contributed by atoms with van der Waals surface area (Å²) >= 11 is 1.29. The number of hydrogen-bond acceptors (Lipinski definition) is 18. The predicted octanol–water partition coefficient (Wildman–Crippen LogP) is 4.19. The van der Waals surface area contributed by atoms with Crippen molar-refractivity contribution in [3.8, 4) is 10.7 Å². The first-order chi connectivity index (χ1) is 31.8. The van der Waals surface area contributed by atoms with Gasteiger partial charge in [-0.3, -0.25) is 14.4 Å². The summed E-state index contributed by atoms with van der Waals surface area (Å²) < 4.78 is 49.0. The standard InChI is InChI=1S/C47H70FN7O12S/c1-13-33-47(10,61)40-26(5)36(53-35(56)14-2)24(3)19-45(8,39(27(6)38(58)46(9,48)44(60)66-33)67-43-37(57)32(55(11)12)18-25(4)65-43)63-21-29(20-62-40)54-64-22-30-23-68-42(50-30)31-16-15-17-34(51-31)52-41(59)28(7)49/h15-17,23-25,27-28,32-33,37,39-40,43,57,61H,13-14,18-22,49H2,1-12H3,(H,53,56)(H,51,52,59)/t24-,25-,27+,28+,32+,33-,37-,39-,40-,43+,45-,46+,47-/m1/s1. The first kappa shape index (κ1) is 54.6. The molecule has 1 fully saturated rings. The zero-order valence-corrected chi connectivity index (χ0v) is 42.0. The Labute approximate surface area is 401 Å². The molecule has 0 aromatic carbocycles. The number of hydrogen-bond donors (Lipinski definition) is 5. The molecule has 13 atom stereocenters. The number of carbonyl (C=O) groups excluding carboxylic acids is 4. The molecule has 21 heteroatoms. The third-order valence-electron chi connectivity index (χ3n) is 12.9. The van der Waals surface area contributed by atoms with E-state index in [9.17, 15) is 29.4 Å². The predicted molar refractivity (Wildman–Crippen MR) is 251 cm³/mol. The smallest absolute Gasteiger partial charge is 0.351 e. The molecule has 2 aromatic heterocycles. The Balaban J connectivity index is 1.63. The second-order valence-electron chi connectivity index (χ2n) is 19.0. The van der Waals surface area contributed by atoms with Crippen molar-refractivity contribution in [3.63, 3.8) is 0 Å². The van der Waals surface area contributed by atoms with Crippen LogP contribution in [0.4, 0.5) is 10.2 Å². The Morgan fingerprint density at radius 2 is 1.82 bits per heavy atom. The van der Waals surface area contributed by atoms with E-state index in [0.29, 0.717) is 39.9 Å². The number of esters is 1. The molecule has 2 aromatic rings. The van der Waals surface area contributed by atoms with Gasteiger partial charge in [0.15, 0.2) is 18.7 Å². The number of likely N-dealkylation sites (N-methyl/N-ethyl adjacent to an activating group) is 1. The number of fused-ring (bicyclic) bond motifs is 4. The highest BCUT2D eigenvalue weighted by Crippen LogP contribution is 2.41. The molecule has 0 saturated carbocycles. The van der Waals surface area contributed by atoms with Crippen LogP contribution in [-0.4, -0.2) is 147 Å². The van der Waals surface area contributed by atoms with Crippen molar-refractivity contribution in [2.75, 3.05) is 32.6 Å². The van der Waals surface area contributed by atoms with Crippen LogP contribution in [0.2, 0.25) is 0 Å². The highest BCUT2D eigenvalue weighted by Gasteiger charge is 2.56. The lowest BCUT2D eigenvalue weighted by Crippen LogP contribution is -2.61. The second-order valence-corrected chi connectivity index (χ2v) is 19.8. The molecule has 19 nitrogen and oxygen atoms in total. The molecule has 0 unspecified atom stereocenters. The number of Topliss-reactive ketones (excluding diaryl/α,β-unsaturated/α-hetero) is 1. The summed E-state index contributed by atoms with van der Waals surface area (Å²) in [5.74, 6) is -5.26. The lowest BCUT2D eigenvalue weighted by Gasteiger charge is -2.47. The Kier molecular flexibility index (Phi) is 18.2. The third kappa shape index (κ3) is 12.5. The Morgan fingerprint density at radius 1 is 1.12 bits per heavy atom. The first-order valence-corrected chi connectivity index (χ1v) is 24.0. The van der Waals surface area contributed by atoms with Gasteiger partial charge in [0.2, 0.25) is 11.8 Å². The second kappa shape index (κ2) is 22.6. The molecule has 3 aliphatic rings. The van der Waals surface area contributed by atoms with Gasteiger partial charge in [0.25, 0.3) is 5.67 Å². The summed E-state index contributed by atoms with van der Waals surface area (Å²) in [6.07, 6.45) is -6.67. The zero-order valence-electron chi connectivity index (χ0n) is 41.2. The average Bonchev–Trinajstić information content (AvgIpc) is 3.76. The fraction of sp³-hybridized carbons (Fsp3) is 0.681. The fourth-order valence-electron chi connectivity index (χ4n) is 9.04. The minimum absolute atomic E-state index is 0.0130. The van der Waals surface area contributed by atoms with Gasteiger partial charge in [-0.1, -0.05) is 38.9 Å². The molecular formula is C47H70FN7O12S. The maximum Gasteiger partial charge on any atom is 0.351 e. The number of amides is 2. The van der Waals surface area contributed by atoms with E-state index in [-0.39, 0.29) is 50.7 Å². The van der Waals surface area contributed by atoms with Crippen LogP contribution in [0.5, 0.6) is 0 Å². The van der Waals surface area contributed by atoms with Gasteiger partial charge in [0.05, 0.1) is 42.8 Å². The van der Waals surface area contributed by atoms with E-state index >= 15 is 4.39 Å². The molecule has 0 radical (unpaired) electrons. The molecule has 5 heterocycles. The van der Waals surface area contributed by atoms with Gasteiger partial charge in [-0.2, -0.15) is 0 Å². The number of pyridine rings is 1. The summed E-state index contributed by atoms with van der Waals surface area (Å²) in [7, 11) is 3.62. The number of carbonyl (C=O) groups is 4. The molecule has 68 heavy (non-hydrogen) atoms. The molecular weight excluding hydrogens is 906 g/mol. The quantitative estimate of drug-likeness (QED) is 0.114. The Bertz CT molecular complexity index is 2180. The highest BCUT2D eigenvalue weighted by molar-refractivity contribution is 7.13. The third-order valence-corrected chi connectivity index (χ3v) is 13.8. The number of nitrogens with zero attached hydrogens (tertiary/aromatic N) is 4. The number of cyclic esters (lactones) is 1. The van der Waals surface area contributed by atoms with Gasteiger partial charge in [0.1, 0.15) is 46.1 Å². The number of nitrogens with one attached hydrogen (secondary N) is 2. The van der Waals surface area contributed by atoms with E-state index < -0.39 is 95.3 Å². The number of alkyl halides is 1. The Morgan fingerprint density at radius 3 is 2.47 bits per heavy atom. The van der Waals surface area contributed by atoms with Crippen molar-refractivity contribution in [2.24, 2.45) is 22.7 Å². The van der Waals surface area contributed by atoms with Crippen LogP contribution in [0.1, 0.15) is 101 Å². The van der Waals surface area contributed by atoms with E-state index in [1.54, 1.807) is 58.2 Å².